The van der Waals surface area contributed by atoms with E-state index in [0.717, 1.165) is 16.9 Å². The maximum atomic E-state index is 11.5. The normalized spacial score (nSPS) is 11.2. The van der Waals surface area contributed by atoms with Gasteiger partial charge in [0.1, 0.15) is 0 Å². The van der Waals surface area contributed by atoms with E-state index in [2.05, 4.69) is 10.0 Å². The van der Waals surface area contributed by atoms with E-state index in [9.17, 15) is 8.42 Å². The summed E-state index contributed by atoms with van der Waals surface area (Å²) in [5.74, 6) is 0.0526. The second-order valence-corrected chi connectivity index (χ2v) is 7.11. The highest BCUT2D eigenvalue weighted by molar-refractivity contribution is 7.92. The smallest absolute Gasteiger partial charge is 0.232 e. The molecule has 0 aliphatic rings. The average molecular weight is 325 g/mol. The van der Waals surface area contributed by atoms with E-state index in [1.165, 1.54) is 0 Å². The zero-order chi connectivity index (χ0) is 15.5. The Morgan fingerprint density at radius 1 is 1.05 bits per heavy atom. The molecule has 4 nitrogen and oxygen atoms in total. The predicted molar refractivity (Wildman–Crippen MR) is 89.0 cm³/mol. The van der Waals surface area contributed by atoms with Crippen LogP contribution in [-0.4, -0.2) is 14.2 Å². The van der Waals surface area contributed by atoms with Gasteiger partial charge in [0.2, 0.25) is 10.0 Å². The molecule has 0 aliphatic carbocycles. The molecule has 0 aliphatic heterocycles. The summed E-state index contributed by atoms with van der Waals surface area (Å²) in [5, 5.41) is 3.96. The largest absolute Gasteiger partial charge is 0.355 e. The molecule has 0 fully saturated rings. The number of sulfonamides is 1. The lowest BCUT2D eigenvalue weighted by Gasteiger charge is -2.11. The first-order valence-corrected chi connectivity index (χ1v) is 8.56. The minimum absolute atomic E-state index is 0.0526. The number of halogens is 1. The molecule has 0 spiro atoms. The number of nitrogens with one attached hydrogen (secondary N) is 2. The number of aryl methyl sites for hydroxylation is 1. The zero-order valence-corrected chi connectivity index (χ0v) is 13.4. The van der Waals surface area contributed by atoms with Gasteiger partial charge in [0.05, 0.1) is 5.75 Å². The maximum absolute atomic E-state index is 11.5. The summed E-state index contributed by atoms with van der Waals surface area (Å²) in [5.41, 5.74) is 3.43. The molecule has 2 aromatic rings. The fraction of sp³-hybridized carbons (Fsp3) is 0.200. The van der Waals surface area contributed by atoms with Crippen LogP contribution >= 0.6 is 11.6 Å². The van der Waals surface area contributed by atoms with Crippen LogP contribution in [0.25, 0.3) is 0 Å². The lowest BCUT2D eigenvalue weighted by atomic mass is 10.2. The quantitative estimate of drug-likeness (QED) is 0.868. The number of benzene rings is 2. The molecule has 2 aromatic carbocycles. The first kappa shape index (κ1) is 15.7. The van der Waals surface area contributed by atoms with Gasteiger partial charge >= 0.3 is 0 Å². The minimum atomic E-state index is -3.24. The van der Waals surface area contributed by atoms with Crippen molar-refractivity contribution in [2.24, 2.45) is 0 Å². The molecule has 0 saturated carbocycles. The predicted octanol–water partition coefficient (Wildman–Crippen LogP) is 4.15. The van der Waals surface area contributed by atoms with Gasteiger partial charge < -0.3 is 5.32 Å². The van der Waals surface area contributed by atoms with Crippen LogP contribution in [0, 0.1) is 6.92 Å². The van der Waals surface area contributed by atoms with Crippen LogP contribution in [0.5, 0.6) is 0 Å². The zero-order valence-electron chi connectivity index (χ0n) is 11.9. The summed E-state index contributed by atoms with van der Waals surface area (Å²) in [6.07, 6.45) is 0. The van der Waals surface area contributed by atoms with Crippen molar-refractivity contribution in [2.75, 3.05) is 15.8 Å². The van der Waals surface area contributed by atoms with Gasteiger partial charge in [-0.05, 0) is 61.9 Å². The highest BCUT2D eigenvalue weighted by Gasteiger charge is 2.06. The van der Waals surface area contributed by atoms with Gasteiger partial charge in [-0.25, -0.2) is 8.42 Å². The molecule has 0 bridgehead atoms. The second-order valence-electron chi connectivity index (χ2n) is 4.67. The monoisotopic (exact) mass is 324 g/mol. The molecule has 21 heavy (non-hydrogen) atoms. The van der Waals surface area contributed by atoms with E-state index in [-0.39, 0.29) is 5.75 Å². The fourth-order valence-electron chi connectivity index (χ4n) is 1.80. The van der Waals surface area contributed by atoms with Crippen LogP contribution in [0.2, 0.25) is 5.02 Å². The van der Waals surface area contributed by atoms with Crippen molar-refractivity contribution >= 4 is 38.7 Å². The van der Waals surface area contributed by atoms with Crippen molar-refractivity contribution in [2.45, 2.75) is 13.8 Å². The Balaban J connectivity index is 2.12. The van der Waals surface area contributed by atoms with Gasteiger partial charge in [-0.3, -0.25) is 4.72 Å². The van der Waals surface area contributed by atoms with Gasteiger partial charge in [0, 0.05) is 22.1 Å². The third kappa shape index (κ3) is 4.37. The van der Waals surface area contributed by atoms with Gasteiger partial charge in [-0.2, -0.15) is 0 Å². The molecule has 2 N–H and O–H groups in total. The van der Waals surface area contributed by atoms with Crippen molar-refractivity contribution in [3.8, 4) is 0 Å². The summed E-state index contributed by atoms with van der Waals surface area (Å²) in [4.78, 5) is 0. The number of rotatable bonds is 5. The molecule has 0 amide bonds. The average Bonchev–Trinajstić information content (AvgIpc) is 2.44. The number of anilines is 3. The van der Waals surface area contributed by atoms with Gasteiger partial charge in [-0.1, -0.05) is 11.6 Å². The highest BCUT2D eigenvalue weighted by atomic mass is 35.5. The lowest BCUT2D eigenvalue weighted by molar-refractivity contribution is 0.602. The molecule has 0 heterocycles. The van der Waals surface area contributed by atoms with Crippen LogP contribution in [0.15, 0.2) is 42.5 Å². The second kappa shape index (κ2) is 6.37. The molecule has 0 aromatic heterocycles. The van der Waals surface area contributed by atoms with Crippen LogP contribution in [0.3, 0.4) is 0 Å². The topological polar surface area (TPSA) is 58.2 Å². The Hall–Kier alpha value is -1.72. The minimum Gasteiger partial charge on any atom is -0.355 e. The standard InChI is InChI=1S/C15H17ClN2O2S/c1-3-21(19,20)18-14-7-5-13(6-8-14)17-15-9-4-12(16)10-11(15)2/h4-10,17-18H,3H2,1-2H3. The molecule has 112 valence electrons. The first-order valence-electron chi connectivity index (χ1n) is 6.53. The molecule has 6 heteroatoms. The third-order valence-corrected chi connectivity index (χ3v) is 4.55. The summed E-state index contributed by atoms with van der Waals surface area (Å²) in [7, 11) is -3.24. The van der Waals surface area contributed by atoms with Crippen molar-refractivity contribution in [3.63, 3.8) is 0 Å². The van der Waals surface area contributed by atoms with Crippen LogP contribution in [-0.2, 0) is 10.0 Å². The van der Waals surface area contributed by atoms with E-state index in [0.29, 0.717) is 10.7 Å². The molecule has 0 atom stereocenters. The fourth-order valence-corrected chi connectivity index (χ4v) is 2.66. The van der Waals surface area contributed by atoms with E-state index < -0.39 is 10.0 Å². The van der Waals surface area contributed by atoms with Crippen LogP contribution in [0.1, 0.15) is 12.5 Å². The summed E-state index contributed by atoms with van der Waals surface area (Å²) in [6.45, 7) is 3.57. The molecular formula is C15H17ClN2O2S. The van der Waals surface area contributed by atoms with Crippen molar-refractivity contribution < 1.29 is 8.42 Å². The van der Waals surface area contributed by atoms with E-state index in [1.54, 1.807) is 19.1 Å². The molecule has 0 saturated heterocycles. The lowest BCUT2D eigenvalue weighted by Crippen LogP contribution is -2.14. The molecule has 0 unspecified atom stereocenters. The SMILES string of the molecule is CCS(=O)(=O)Nc1ccc(Nc2ccc(Cl)cc2C)cc1. The molecule has 2 rings (SSSR count). The Morgan fingerprint density at radius 3 is 2.24 bits per heavy atom. The summed E-state index contributed by atoms with van der Waals surface area (Å²) < 4.78 is 25.5. The molecular weight excluding hydrogens is 308 g/mol. The van der Waals surface area contributed by atoms with Gasteiger partial charge in [-0.15, -0.1) is 0 Å². The van der Waals surface area contributed by atoms with Crippen molar-refractivity contribution in [1.29, 1.82) is 0 Å². The number of hydrogen-bond acceptors (Lipinski definition) is 3. The highest BCUT2D eigenvalue weighted by Crippen LogP contribution is 2.24. The van der Waals surface area contributed by atoms with Crippen LogP contribution in [0.4, 0.5) is 17.1 Å². The Kier molecular flexibility index (Phi) is 4.75. The summed E-state index contributed by atoms with van der Waals surface area (Å²) >= 11 is 5.92. The van der Waals surface area contributed by atoms with Gasteiger partial charge in [0.15, 0.2) is 0 Å². The first-order chi connectivity index (χ1) is 9.89. The van der Waals surface area contributed by atoms with Gasteiger partial charge in [0.25, 0.3) is 0 Å². The Labute approximate surface area is 130 Å². The Morgan fingerprint density at radius 2 is 1.67 bits per heavy atom. The van der Waals surface area contributed by atoms with E-state index in [1.807, 2.05) is 37.3 Å². The molecule has 0 radical (unpaired) electrons. The van der Waals surface area contributed by atoms with Crippen LogP contribution < -0.4 is 10.0 Å². The van der Waals surface area contributed by atoms with Crippen molar-refractivity contribution in [1.82, 2.24) is 0 Å². The Bertz CT molecular complexity index is 728. The maximum Gasteiger partial charge on any atom is 0.232 e. The van der Waals surface area contributed by atoms with E-state index >= 15 is 0 Å². The van der Waals surface area contributed by atoms with Crippen molar-refractivity contribution in [3.05, 3.63) is 53.1 Å². The number of hydrogen-bond donors (Lipinski definition) is 2. The third-order valence-electron chi connectivity index (χ3n) is 3.01. The van der Waals surface area contributed by atoms with E-state index in [4.69, 9.17) is 11.6 Å². The summed E-state index contributed by atoms with van der Waals surface area (Å²) in [6, 6.07) is 12.7.